The third kappa shape index (κ3) is 7.46. The number of benzene rings is 3. The molecular formula is C29H33ClN2O2. The molecule has 3 rings (SSSR count). The van der Waals surface area contributed by atoms with E-state index in [4.69, 9.17) is 11.6 Å². The Kier molecular flexibility index (Phi) is 8.51. The molecule has 0 spiro atoms. The third-order valence-corrected chi connectivity index (χ3v) is 5.87. The Morgan fingerprint density at radius 1 is 0.912 bits per heavy atom. The van der Waals surface area contributed by atoms with Crippen molar-refractivity contribution in [2.24, 2.45) is 0 Å². The molecule has 0 saturated heterocycles. The van der Waals surface area contributed by atoms with Crippen LogP contribution in [-0.2, 0) is 29.0 Å². The van der Waals surface area contributed by atoms with Crippen LogP contribution < -0.4 is 5.32 Å². The summed E-state index contributed by atoms with van der Waals surface area (Å²) in [7, 11) is 0. The minimum Gasteiger partial charge on any atom is -0.350 e. The van der Waals surface area contributed by atoms with Crippen molar-refractivity contribution >= 4 is 23.4 Å². The molecule has 0 aliphatic carbocycles. The number of halogens is 1. The van der Waals surface area contributed by atoms with Crippen molar-refractivity contribution in [2.45, 2.75) is 58.7 Å². The summed E-state index contributed by atoms with van der Waals surface area (Å²) in [4.78, 5) is 29.0. The predicted molar refractivity (Wildman–Crippen MR) is 139 cm³/mol. The lowest BCUT2D eigenvalue weighted by atomic mass is 9.99. The van der Waals surface area contributed by atoms with Gasteiger partial charge in [-0.3, -0.25) is 9.59 Å². The van der Waals surface area contributed by atoms with Crippen LogP contribution in [-0.4, -0.2) is 28.3 Å². The zero-order valence-corrected chi connectivity index (χ0v) is 21.1. The van der Waals surface area contributed by atoms with Crippen molar-refractivity contribution in [2.75, 3.05) is 0 Å². The lowest BCUT2D eigenvalue weighted by Crippen LogP contribution is -2.54. The van der Waals surface area contributed by atoms with Gasteiger partial charge in [-0.05, 0) is 50.5 Å². The number of rotatable bonds is 8. The highest BCUT2D eigenvalue weighted by Crippen LogP contribution is 2.22. The molecule has 5 heteroatoms. The van der Waals surface area contributed by atoms with Gasteiger partial charge in [-0.1, -0.05) is 90.0 Å². The molecule has 0 fully saturated rings. The van der Waals surface area contributed by atoms with Gasteiger partial charge in [0.05, 0.1) is 6.42 Å². The summed E-state index contributed by atoms with van der Waals surface area (Å²) >= 11 is 6.47. The van der Waals surface area contributed by atoms with Crippen LogP contribution in [0.25, 0.3) is 0 Å². The quantitative estimate of drug-likeness (QED) is 0.450. The minimum atomic E-state index is -0.685. The number of aryl methyl sites for hydroxylation is 1. The molecule has 1 unspecified atom stereocenters. The molecule has 34 heavy (non-hydrogen) atoms. The highest BCUT2D eigenvalue weighted by Gasteiger charge is 2.32. The smallest absolute Gasteiger partial charge is 0.243 e. The SMILES string of the molecule is Cc1cccc(CC(=O)N(Cc2ccccc2Cl)C(Cc2ccccc2)C(=O)NC(C)(C)C)c1. The van der Waals surface area contributed by atoms with E-state index in [-0.39, 0.29) is 24.8 Å². The van der Waals surface area contributed by atoms with E-state index in [0.717, 1.165) is 22.3 Å². The van der Waals surface area contributed by atoms with Crippen LogP contribution in [0, 0.1) is 6.92 Å². The van der Waals surface area contributed by atoms with Crippen molar-refractivity contribution in [3.05, 3.63) is 106 Å². The molecule has 0 aliphatic heterocycles. The number of hydrogen-bond donors (Lipinski definition) is 1. The van der Waals surface area contributed by atoms with Gasteiger partial charge in [-0.15, -0.1) is 0 Å². The standard InChI is InChI=1S/C29H33ClN2O2/c1-21-11-10-14-23(17-21)19-27(33)32(20-24-15-8-9-16-25(24)30)26(28(34)31-29(2,3)4)18-22-12-6-5-7-13-22/h5-17,26H,18-20H2,1-4H3,(H,31,34). The summed E-state index contributed by atoms with van der Waals surface area (Å²) < 4.78 is 0. The molecule has 4 nitrogen and oxygen atoms in total. The van der Waals surface area contributed by atoms with E-state index in [2.05, 4.69) is 5.32 Å². The Balaban J connectivity index is 2.00. The number of hydrogen-bond acceptors (Lipinski definition) is 2. The topological polar surface area (TPSA) is 49.4 Å². The largest absolute Gasteiger partial charge is 0.350 e. The molecule has 0 heterocycles. The highest BCUT2D eigenvalue weighted by molar-refractivity contribution is 6.31. The van der Waals surface area contributed by atoms with E-state index in [1.54, 1.807) is 4.90 Å². The van der Waals surface area contributed by atoms with Crippen molar-refractivity contribution in [1.29, 1.82) is 0 Å². The van der Waals surface area contributed by atoms with E-state index >= 15 is 0 Å². The lowest BCUT2D eigenvalue weighted by Gasteiger charge is -2.34. The van der Waals surface area contributed by atoms with Crippen LogP contribution in [0.4, 0.5) is 0 Å². The monoisotopic (exact) mass is 476 g/mol. The fraction of sp³-hybridized carbons (Fsp3) is 0.310. The van der Waals surface area contributed by atoms with Crippen molar-refractivity contribution in [3.63, 3.8) is 0 Å². The maximum Gasteiger partial charge on any atom is 0.243 e. The fourth-order valence-electron chi connectivity index (χ4n) is 3.92. The van der Waals surface area contributed by atoms with Gasteiger partial charge in [0.1, 0.15) is 6.04 Å². The van der Waals surface area contributed by atoms with E-state index in [1.807, 2.05) is 107 Å². The number of carbonyl (C=O) groups excluding carboxylic acids is 2. The average Bonchev–Trinajstić information content (AvgIpc) is 2.77. The number of amides is 2. The summed E-state index contributed by atoms with van der Waals surface area (Å²) in [6.07, 6.45) is 0.618. The molecule has 1 atom stereocenters. The van der Waals surface area contributed by atoms with Crippen molar-refractivity contribution < 1.29 is 9.59 Å². The van der Waals surface area contributed by atoms with Gasteiger partial charge in [-0.25, -0.2) is 0 Å². The number of nitrogens with one attached hydrogen (secondary N) is 1. The van der Waals surface area contributed by atoms with Gasteiger partial charge >= 0.3 is 0 Å². The zero-order chi connectivity index (χ0) is 24.7. The van der Waals surface area contributed by atoms with E-state index in [1.165, 1.54) is 0 Å². The molecule has 3 aromatic carbocycles. The maximum atomic E-state index is 13.7. The lowest BCUT2D eigenvalue weighted by molar-refractivity contribution is -0.141. The summed E-state index contributed by atoms with van der Waals surface area (Å²) in [5.74, 6) is -0.295. The molecule has 3 aromatic rings. The fourth-order valence-corrected chi connectivity index (χ4v) is 4.11. The summed E-state index contributed by atoms with van der Waals surface area (Å²) in [6.45, 7) is 8.08. The van der Waals surface area contributed by atoms with Crippen LogP contribution in [0.5, 0.6) is 0 Å². The molecule has 0 aromatic heterocycles. The normalized spacial score (nSPS) is 12.1. The van der Waals surface area contributed by atoms with Gasteiger partial charge in [-0.2, -0.15) is 0 Å². The second kappa shape index (κ2) is 11.3. The molecule has 0 bridgehead atoms. The first-order valence-electron chi connectivity index (χ1n) is 11.6. The number of nitrogens with zero attached hydrogens (tertiary/aromatic N) is 1. The second-order valence-corrected chi connectivity index (χ2v) is 10.1. The molecule has 178 valence electrons. The zero-order valence-electron chi connectivity index (χ0n) is 20.3. The number of carbonyl (C=O) groups is 2. The van der Waals surface area contributed by atoms with Gasteiger partial charge in [0.15, 0.2) is 0 Å². The summed E-state index contributed by atoms with van der Waals surface area (Å²) in [5.41, 5.74) is 3.38. The van der Waals surface area contributed by atoms with E-state index in [9.17, 15) is 9.59 Å². The minimum absolute atomic E-state index is 0.115. The molecule has 1 N–H and O–H groups in total. The Morgan fingerprint density at radius 2 is 1.56 bits per heavy atom. The Labute approximate surface area is 207 Å². The van der Waals surface area contributed by atoms with Crippen molar-refractivity contribution in [1.82, 2.24) is 10.2 Å². The maximum absolute atomic E-state index is 13.7. The van der Waals surface area contributed by atoms with Crippen LogP contribution in [0.15, 0.2) is 78.9 Å². The van der Waals surface area contributed by atoms with Crippen LogP contribution in [0.3, 0.4) is 0 Å². The van der Waals surface area contributed by atoms with Crippen LogP contribution in [0.1, 0.15) is 43.0 Å². The first-order chi connectivity index (χ1) is 16.1. The summed E-state index contributed by atoms with van der Waals surface area (Å²) in [6, 6.07) is 24.5. The first kappa shape index (κ1) is 25.5. The van der Waals surface area contributed by atoms with E-state index < -0.39 is 11.6 Å². The van der Waals surface area contributed by atoms with Crippen LogP contribution >= 0.6 is 11.6 Å². The molecule has 0 radical (unpaired) electrons. The Hall–Kier alpha value is -3.11. The van der Waals surface area contributed by atoms with Gasteiger partial charge in [0.2, 0.25) is 11.8 Å². The second-order valence-electron chi connectivity index (χ2n) is 9.72. The Morgan fingerprint density at radius 3 is 2.21 bits per heavy atom. The van der Waals surface area contributed by atoms with Gasteiger partial charge < -0.3 is 10.2 Å². The highest BCUT2D eigenvalue weighted by atomic mass is 35.5. The first-order valence-corrected chi connectivity index (χ1v) is 11.9. The molecular weight excluding hydrogens is 444 g/mol. The molecule has 0 saturated carbocycles. The average molecular weight is 477 g/mol. The third-order valence-electron chi connectivity index (χ3n) is 5.51. The molecule has 2 amide bonds. The van der Waals surface area contributed by atoms with E-state index in [0.29, 0.717) is 11.4 Å². The van der Waals surface area contributed by atoms with Crippen molar-refractivity contribution in [3.8, 4) is 0 Å². The van der Waals surface area contributed by atoms with Gasteiger partial charge in [0, 0.05) is 23.5 Å². The Bertz CT molecular complexity index is 1120. The molecule has 0 aliphatic rings. The van der Waals surface area contributed by atoms with Crippen LogP contribution in [0.2, 0.25) is 5.02 Å². The van der Waals surface area contributed by atoms with Gasteiger partial charge in [0.25, 0.3) is 0 Å². The summed E-state index contributed by atoms with van der Waals surface area (Å²) in [5, 5.41) is 3.66. The predicted octanol–water partition coefficient (Wildman–Crippen LogP) is 5.75.